The van der Waals surface area contributed by atoms with Crippen LogP contribution in [0.2, 0.25) is 0 Å². The van der Waals surface area contributed by atoms with E-state index in [0.717, 1.165) is 12.0 Å². The van der Waals surface area contributed by atoms with Crippen molar-refractivity contribution < 1.29 is 15.1 Å². The number of aryl methyl sites for hydroxylation is 1. The lowest BCUT2D eigenvalue weighted by Gasteiger charge is -2.19. The predicted octanol–water partition coefficient (Wildman–Crippen LogP) is 2.41. The summed E-state index contributed by atoms with van der Waals surface area (Å²) in [5, 5.41) is 21.8. The van der Waals surface area contributed by atoms with Crippen molar-refractivity contribution in [2.24, 2.45) is 0 Å². The second-order valence-corrected chi connectivity index (χ2v) is 5.49. The van der Waals surface area contributed by atoms with Crippen LogP contribution in [0.4, 0.5) is 0 Å². The number of hydrogen-bond donors (Lipinski definition) is 4. The zero-order chi connectivity index (χ0) is 16.7. The number of benzene rings is 2. The van der Waals surface area contributed by atoms with Gasteiger partial charge in [0, 0.05) is 11.6 Å². The summed E-state index contributed by atoms with van der Waals surface area (Å²) in [5.74, 6) is -0.542. The molecule has 0 aliphatic heterocycles. The van der Waals surface area contributed by atoms with Crippen molar-refractivity contribution >= 4 is 5.91 Å². The predicted molar refractivity (Wildman–Crippen MR) is 88.0 cm³/mol. The number of nitrogens with one attached hydrogen (secondary N) is 2. The lowest BCUT2D eigenvalue weighted by Crippen LogP contribution is -2.31. The third-order valence-electron chi connectivity index (χ3n) is 3.77. The van der Waals surface area contributed by atoms with Gasteiger partial charge < -0.3 is 5.11 Å². The molecule has 5 heteroatoms. The molecule has 0 saturated carbocycles. The molecule has 2 aromatic carbocycles. The summed E-state index contributed by atoms with van der Waals surface area (Å²) in [5.41, 5.74) is 4.13. The summed E-state index contributed by atoms with van der Waals surface area (Å²) >= 11 is 0. The Morgan fingerprint density at radius 2 is 1.74 bits per heavy atom. The van der Waals surface area contributed by atoms with Gasteiger partial charge in [0.25, 0.3) is 5.91 Å². The summed E-state index contributed by atoms with van der Waals surface area (Å²) in [6, 6.07) is 16.8. The molecule has 2 atom stereocenters. The number of carbonyl (C=O) groups excluding carboxylic acids is 1. The Balaban J connectivity index is 1.85. The Hall–Kier alpha value is -2.21. The molecule has 0 aliphatic rings. The van der Waals surface area contributed by atoms with Gasteiger partial charge in [0.05, 0.1) is 0 Å². The summed E-state index contributed by atoms with van der Waals surface area (Å²) in [7, 11) is 0. The van der Waals surface area contributed by atoms with E-state index >= 15 is 0 Å². The van der Waals surface area contributed by atoms with Crippen LogP contribution in [0.5, 0.6) is 0 Å². The zero-order valence-electron chi connectivity index (χ0n) is 13.1. The maximum Gasteiger partial charge on any atom is 0.274 e. The van der Waals surface area contributed by atoms with Crippen molar-refractivity contribution in [1.29, 1.82) is 0 Å². The second kappa shape index (κ2) is 8.43. The lowest BCUT2D eigenvalue weighted by atomic mass is 10.0. The first-order valence-electron chi connectivity index (χ1n) is 7.62. The van der Waals surface area contributed by atoms with E-state index < -0.39 is 12.1 Å². The summed E-state index contributed by atoms with van der Waals surface area (Å²) in [4.78, 5) is 11.3. The average Bonchev–Trinajstić information content (AvgIpc) is 2.60. The van der Waals surface area contributed by atoms with E-state index in [2.05, 4.69) is 5.32 Å². The Morgan fingerprint density at radius 1 is 1.09 bits per heavy atom. The van der Waals surface area contributed by atoms with Gasteiger partial charge in [0.2, 0.25) is 0 Å². The molecule has 0 aromatic heterocycles. The topological polar surface area (TPSA) is 81.6 Å². The molecule has 5 nitrogen and oxygen atoms in total. The third kappa shape index (κ3) is 5.17. The largest absolute Gasteiger partial charge is 0.379 e. The van der Waals surface area contributed by atoms with Crippen molar-refractivity contribution in [2.45, 2.75) is 32.0 Å². The minimum atomic E-state index is -0.606. The van der Waals surface area contributed by atoms with Crippen LogP contribution < -0.4 is 10.8 Å². The van der Waals surface area contributed by atoms with Crippen LogP contribution in [0.15, 0.2) is 54.6 Å². The first kappa shape index (κ1) is 17.1. The number of carbonyl (C=O) groups is 1. The molecule has 4 N–H and O–H groups in total. The van der Waals surface area contributed by atoms with Gasteiger partial charge in [-0.05, 0) is 43.0 Å². The van der Waals surface area contributed by atoms with E-state index in [1.165, 1.54) is 5.56 Å². The number of hydrogen-bond acceptors (Lipinski definition) is 4. The standard InChI is InChI=1S/C18H22N2O3/c1-13(15-8-10-16(11-9-15)18(22)20-23)19-17(21)12-7-14-5-3-2-4-6-14/h2-6,8-11,13,17,19,21,23H,7,12H2,1H3,(H,20,22). The van der Waals surface area contributed by atoms with Crippen LogP contribution in [-0.2, 0) is 6.42 Å². The van der Waals surface area contributed by atoms with Crippen molar-refractivity contribution in [3.63, 3.8) is 0 Å². The van der Waals surface area contributed by atoms with Crippen LogP contribution in [0.25, 0.3) is 0 Å². The van der Waals surface area contributed by atoms with Crippen LogP contribution in [-0.4, -0.2) is 22.4 Å². The van der Waals surface area contributed by atoms with Crippen molar-refractivity contribution in [3.05, 3.63) is 71.3 Å². The van der Waals surface area contributed by atoms with Gasteiger partial charge in [-0.3, -0.25) is 15.3 Å². The molecule has 0 fully saturated rings. The zero-order valence-corrected chi connectivity index (χ0v) is 13.1. The maximum atomic E-state index is 11.3. The molecular formula is C18H22N2O3. The number of aliphatic hydroxyl groups excluding tert-OH is 1. The Bertz CT molecular complexity index is 614. The minimum Gasteiger partial charge on any atom is -0.379 e. The number of amides is 1. The third-order valence-corrected chi connectivity index (χ3v) is 3.77. The fourth-order valence-corrected chi connectivity index (χ4v) is 2.40. The molecule has 2 unspecified atom stereocenters. The summed E-state index contributed by atoms with van der Waals surface area (Å²) < 4.78 is 0. The van der Waals surface area contributed by atoms with Gasteiger partial charge in [-0.2, -0.15) is 0 Å². The van der Waals surface area contributed by atoms with Gasteiger partial charge in [-0.25, -0.2) is 5.48 Å². The molecule has 0 saturated heterocycles. The van der Waals surface area contributed by atoms with Crippen molar-refractivity contribution in [2.75, 3.05) is 0 Å². The molecular weight excluding hydrogens is 292 g/mol. The molecule has 2 aromatic rings. The number of hydroxylamine groups is 1. The van der Waals surface area contributed by atoms with E-state index in [-0.39, 0.29) is 6.04 Å². The summed E-state index contributed by atoms with van der Waals surface area (Å²) in [6.45, 7) is 1.95. The Morgan fingerprint density at radius 3 is 2.35 bits per heavy atom. The van der Waals surface area contributed by atoms with Crippen LogP contribution in [0.3, 0.4) is 0 Å². The monoisotopic (exact) mass is 314 g/mol. The molecule has 1 amide bonds. The second-order valence-electron chi connectivity index (χ2n) is 5.49. The van der Waals surface area contributed by atoms with Gasteiger partial charge in [0.15, 0.2) is 0 Å². The smallest absolute Gasteiger partial charge is 0.274 e. The molecule has 0 bridgehead atoms. The first-order chi connectivity index (χ1) is 11.1. The highest BCUT2D eigenvalue weighted by molar-refractivity contribution is 5.93. The van der Waals surface area contributed by atoms with Gasteiger partial charge in [0.1, 0.15) is 6.23 Å². The normalized spacial score (nSPS) is 13.3. The molecule has 122 valence electrons. The molecule has 2 rings (SSSR count). The highest BCUT2D eigenvalue weighted by Gasteiger charge is 2.12. The lowest BCUT2D eigenvalue weighted by molar-refractivity contribution is 0.0706. The van der Waals surface area contributed by atoms with Gasteiger partial charge in [-0.1, -0.05) is 42.5 Å². The minimum absolute atomic E-state index is 0.0491. The molecule has 0 spiro atoms. The van der Waals surface area contributed by atoms with E-state index in [4.69, 9.17) is 5.21 Å². The van der Waals surface area contributed by atoms with Crippen molar-refractivity contribution in [3.8, 4) is 0 Å². The SMILES string of the molecule is CC(NC(O)CCc1ccccc1)c1ccc(C(=O)NO)cc1. The van der Waals surface area contributed by atoms with Crippen molar-refractivity contribution in [1.82, 2.24) is 10.8 Å². The fourth-order valence-electron chi connectivity index (χ4n) is 2.40. The average molecular weight is 314 g/mol. The Kier molecular flexibility index (Phi) is 6.29. The fraction of sp³-hybridized carbons (Fsp3) is 0.278. The molecule has 0 radical (unpaired) electrons. The molecule has 0 heterocycles. The van der Waals surface area contributed by atoms with E-state index in [9.17, 15) is 9.90 Å². The van der Waals surface area contributed by atoms with E-state index in [1.54, 1.807) is 29.7 Å². The van der Waals surface area contributed by atoms with Gasteiger partial charge >= 0.3 is 0 Å². The van der Waals surface area contributed by atoms with E-state index in [0.29, 0.717) is 12.0 Å². The maximum absolute atomic E-state index is 11.3. The highest BCUT2D eigenvalue weighted by atomic mass is 16.5. The Labute approximate surface area is 135 Å². The van der Waals surface area contributed by atoms with Crippen LogP contribution in [0, 0.1) is 0 Å². The number of rotatable bonds is 7. The first-order valence-corrected chi connectivity index (χ1v) is 7.62. The quantitative estimate of drug-likeness (QED) is 0.359. The number of aliphatic hydroxyl groups is 1. The van der Waals surface area contributed by atoms with Crippen LogP contribution >= 0.6 is 0 Å². The molecule has 0 aliphatic carbocycles. The highest BCUT2D eigenvalue weighted by Crippen LogP contribution is 2.15. The summed E-state index contributed by atoms with van der Waals surface area (Å²) in [6.07, 6.45) is 0.821. The van der Waals surface area contributed by atoms with E-state index in [1.807, 2.05) is 37.3 Å². The van der Waals surface area contributed by atoms with Gasteiger partial charge in [-0.15, -0.1) is 0 Å². The molecule has 23 heavy (non-hydrogen) atoms. The van der Waals surface area contributed by atoms with Crippen LogP contribution in [0.1, 0.15) is 40.9 Å².